The summed E-state index contributed by atoms with van der Waals surface area (Å²) < 4.78 is 1.38. The highest BCUT2D eigenvalue weighted by Crippen LogP contribution is 2.36. The molecule has 0 aromatic rings. The highest BCUT2D eigenvalue weighted by Gasteiger charge is 2.15. The molecular formula is C7H5I. The van der Waals surface area contributed by atoms with Gasteiger partial charge in [-0.1, -0.05) is 6.08 Å². The first-order chi connectivity index (χ1) is 3.86. The molecule has 0 aromatic heterocycles. The Kier molecular flexibility index (Phi) is 0.879. The Hall–Kier alpha value is -0.0500. The molecular weight excluding hydrogens is 211 g/mol. The van der Waals surface area contributed by atoms with Crippen molar-refractivity contribution in [3.8, 4) is 0 Å². The van der Waals surface area contributed by atoms with Crippen LogP contribution >= 0.6 is 22.6 Å². The van der Waals surface area contributed by atoms with Crippen molar-refractivity contribution in [3.05, 3.63) is 33.0 Å². The number of fused-ring (bicyclic) bond motifs is 1. The SMILES string of the molecule is IC1=CC2=CCC2=C1. The third kappa shape index (κ3) is 0.507. The van der Waals surface area contributed by atoms with Crippen molar-refractivity contribution in [1.82, 2.24) is 0 Å². The van der Waals surface area contributed by atoms with E-state index in [0.717, 1.165) is 0 Å². The summed E-state index contributed by atoms with van der Waals surface area (Å²) >= 11 is 2.35. The van der Waals surface area contributed by atoms with Crippen molar-refractivity contribution in [1.29, 1.82) is 0 Å². The highest BCUT2D eigenvalue weighted by molar-refractivity contribution is 14.1. The van der Waals surface area contributed by atoms with Crippen molar-refractivity contribution in [2.24, 2.45) is 0 Å². The van der Waals surface area contributed by atoms with Crippen LogP contribution < -0.4 is 0 Å². The number of hydrogen-bond acceptors (Lipinski definition) is 0. The molecule has 2 aliphatic rings. The first-order valence-corrected chi connectivity index (χ1v) is 3.72. The molecule has 0 aromatic carbocycles. The quantitative estimate of drug-likeness (QED) is 0.546. The molecule has 1 heteroatoms. The molecule has 0 heterocycles. The third-order valence-corrected chi connectivity index (χ3v) is 2.14. The fraction of sp³-hybridized carbons (Fsp3) is 0.143. The minimum Gasteiger partial charge on any atom is -0.0725 e. The molecule has 0 nitrogen and oxygen atoms in total. The Morgan fingerprint density at radius 3 is 2.50 bits per heavy atom. The molecule has 0 bridgehead atoms. The van der Waals surface area contributed by atoms with E-state index in [4.69, 9.17) is 0 Å². The summed E-state index contributed by atoms with van der Waals surface area (Å²) in [5, 5.41) is 0. The highest BCUT2D eigenvalue weighted by atomic mass is 127. The summed E-state index contributed by atoms with van der Waals surface area (Å²) in [7, 11) is 0. The molecule has 2 aliphatic carbocycles. The molecule has 8 heavy (non-hydrogen) atoms. The molecule has 0 radical (unpaired) electrons. The Bertz CT molecular complexity index is 219. The van der Waals surface area contributed by atoms with Crippen molar-refractivity contribution >= 4 is 22.6 Å². The van der Waals surface area contributed by atoms with Crippen LogP contribution in [0.1, 0.15) is 6.42 Å². The lowest BCUT2D eigenvalue weighted by atomic mass is 9.95. The summed E-state index contributed by atoms with van der Waals surface area (Å²) in [5.41, 5.74) is 2.98. The van der Waals surface area contributed by atoms with Gasteiger partial charge in [0, 0.05) is 3.58 Å². The van der Waals surface area contributed by atoms with Gasteiger partial charge in [0.05, 0.1) is 0 Å². The zero-order valence-corrected chi connectivity index (χ0v) is 6.47. The molecule has 0 N–H and O–H groups in total. The second-order valence-electron chi connectivity index (χ2n) is 2.06. The second-order valence-corrected chi connectivity index (χ2v) is 3.31. The van der Waals surface area contributed by atoms with Crippen LogP contribution in [0.15, 0.2) is 33.0 Å². The summed E-state index contributed by atoms with van der Waals surface area (Å²) in [4.78, 5) is 0. The predicted molar refractivity (Wildman–Crippen MR) is 42.9 cm³/mol. The molecule has 0 fully saturated rings. The van der Waals surface area contributed by atoms with E-state index in [1.165, 1.54) is 21.1 Å². The normalized spacial score (nSPS) is 22.9. The summed E-state index contributed by atoms with van der Waals surface area (Å²) in [6.45, 7) is 0. The van der Waals surface area contributed by atoms with E-state index in [0.29, 0.717) is 0 Å². The summed E-state index contributed by atoms with van der Waals surface area (Å²) in [5.74, 6) is 0. The maximum Gasteiger partial charge on any atom is 0.0139 e. The lowest BCUT2D eigenvalue weighted by Gasteiger charge is -2.09. The maximum atomic E-state index is 2.35. The van der Waals surface area contributed by atoms with Gasteiger partial charge in [-0.2, -0.15) is 0 Å². The van der Waals surface area contributed by atoms with E-state index < -0.39 is 0 Å². The van der Waals surface area contributed by atoms with Crippen LogP contribution in [0, 0.1) is 0 Å². The zero-order valence-electron chi connectivity index (χ0n) is 4.32. The molecule has 40 valence electrons. The smallest absolute Gasteiger partial charge is 0.0139 e. The van der Waals surface area contributed by atoms with E-state index in [2.05, 4.69) is 40.8 Å². The maximum absolute atomic E-state index is 2.35. The van der Waals surface area contributed by atoms with Crippen molar-refractivity contribution in [3.63, 3.8) is 0 Å². The molecule has 0 saturated heterocycles. The van der Waals surface area contributed by atoms with E-state index in [-0.39, 0.29) is 0 Å². The summed E-state index contributed by atoms with van der Waals surface area (Å²) in [6.07, 6.45) is 7.92. The standard InChI is InChI=1S/C7H5I/c8-7-3-5-1-2-6(5)4-7/h1,3-4H,2H2. The second kappa shape index (κ2) is 1.47. The Balaban J connectivity index is 2.52. The summed E-state index contributed by atoms with van der Waals surface area (Å²) in [6, 6.07) is 0. The average molecular weight is 216 g/mol. The Morgan fingerprint density at radius 2 is 2.25 bits per heavy atom. The van der Waals surface area contributed by atoms with Gasteiger partial charge in [0.15, 0.2) is 0 Å². The van der Waals surface area contributed by atoms with Gasteiger partial charge in [-0.15, -0.1) is 0 Å². The Morgan fingerprint density at radius 1 is 1.38 bits per heavy atom. The van der Waals surface area contributed by atoms with E-state index in [1.54, 1.807) is 0 Å². The van der Waals surface area contributed by atoms with Crippen LogP contribution in [0.2, 0.25) is 0 Å². The monoisotopic (exact) mass is 216 g/mol. The predicted octanol–water partition coefficient (Wildman–Crippen LogP) is 2.58. The third-order valence-electron chi connectivity index (χ3n) is 1.52. The van der Waals surface area contributed by atoms with Crippen LogP contribution in [0.5, 0.6) is 0 Å². The van der Waals surface area contributed by atoms with Gasteiger partial charge < -0.3 is 0 Å². The molecule has 0 saturated carbocycles. The van der Waals surface area contributed by atoms with Crippen LogP contribution in [0.3, 0.4) is 0 Å². The Labute approximate surface area is 62.1 Å². The minimum absolute atomic E-state index is 1.19. The number of allylic oxidation sites excluding steroid dienone is 6. The molecule has 0 atom stereocenters. The number of hydrogen-bond donors (Lipinski definition) is 0. The lowest BCUT2D eigenvalue weighted by molar-refractivity contribution is 1.15. The fourth-order valence-corrected chi connectivity index (χ4v) is 1.70. The molecule has 2 rings (SSSR count). The van der Waals surface area contributed by atoms with E-state index in [9.17, 15) is 0 Å². The van der Waals surface area contributed by atoms with Gasteiger partial charge >= 0.3 is 0 Å². The van der Waals surface area contributed by atoms with Gasteiger partial charge in [-0.3, -0.25) is 0 Å². The van der Waals surface area contributed by atoms with Crippen LogP contribution in [0.25, 0.3) is 0 Å². The van der Waals surface area contributed by atoms with Gasteiger partial charge in [-0.05, 0) is 52.3 Å². The van der Waals surface area contributed by atoms with Gasteiger partial charge in [0.25, 0.3) is 0 Å². The zero-order chi connectivity index (χ0) is 5.56. The largest absolute Gasteiger partial charge is 0.0725 e. The van der Waals surface area contributed by atoms with Gasteiger partial charge in [0.2, 0.25) is 0 Å². The van der Waals surface area contributed by atoms with Crippen LogP contribution in [0.4, 0.5) is 0 Å². The van der Waals surface area contributed by atoms with Crippen LogP contribution in [-0.2, 0) is 0 Å². The van der Waals surface area contributed by atoms with E-state index in [1.807, 2.05) is 0 Å². The van der Waals surface area contributed by atoms with Crippen molar-refractivity contribution < 1.29 is 0 Å². The first-order valence-electron chi connectivity index (χ1n) is 2.64. The minimum atomic E-state index is 1.19. The number of rotatable bonds is 0. The van der Waals surface area contributed by atoms with Crippen LogP contribution in [-0.4, -0.2) is 0 Å². The van der Waals surface area contributed by atoms with Gasteiger partial charge in [-0.25, -0.2) is 0 Å². The van der Waals surface area contributed by atoms with Gasteiger partial charge in [0.1, 0.15) is 0 Å². The average Bonchev–Trinajstić information content (AvgIpc) is 1.91. The molecule has 0 spiro atoms. The number of halogens is 1. The van der Waals surface area contributed by atoms with Crippen molar-refractivity contribution in [2.45, 2.75) is 6.42 Å². The lowest BCUT2D eigenvalue weighted by Crippen LogP contribution is -1.91. The van der Waals surface area contributed by atoms with Crippen molar-refractivity contribution in [2.75, 3.05) is 0 Å². The first kappa shape index (κ1) is 4.79. The molecule has 0 aliphatic heterocycles. The van der Waals surface area contributed by atoms with E-state index >= 15 is 0 Å². The molecule has 0 amide bonds. The fourth-order valence-electron chi connectivity index (χ4n) is 0.988. The topological polar surface area (TPSA) is 0 Å². The molecule has 0 unspecified atom stereocenters.